The van der Waals surface area contributed by atoms with Gasteiger partial charge in [-0.25, -0.2) is 4.79 Å². The summed E-state index contributed by atoms with van der Waals surface area (Å²) < 4.78 is 47.5. The molecule has 198 valence electrons. The number of amides is 1. The topological polar surface area (TPSA) is 41.9 Å². The fourth-order valence-corrected chi connectivity index (χ4v) is 3.56. The maximum Gasteiger partial charge on any atom is 0.417 e. The van der Waals surface area contributed by atoms with Crippen molar-refractivity contribution in [3.05, 3.63) is 59.8 Å². The maximum atomic E-state index is 14.0. The molecule has 0 spiro atoms. The van der Waals surface area contributed by atoms with E-state index < -0.39 is 23.4 Å². The van der Waals surface area contributed by atoms with E-state index in [-0.39, 0.29) is 23.2 Å². The number of allylic oxidation sites excluding steroid dienone is 7. The summed E-state index contributed by atoms with van der Waals surface area (Å²) in [6, 6.07) is -0.217. The largest absolute Gasteiger partial charge is 0.444 e. The Morgan fingerprint density at radius 2 is 1.63 bits per heavy atom. The number of halogens is 3. The van der Waals surface area contributed by atoms with E-state index in [2.05, 4.69) is 24.7 Å². The number of rotatable bonds is 11. The van der Waals surface area contributed by atoms with Crippen molar-refractivity contribution in [1.29, 1.82) is 0 Å². The van der Waals surface area contributed by atoms with Crippen molar-refractivity contribution in [2.24, 2.45) is 10.9 Å². The average molecular weight is 497 g/mol. The van der Waals surface area contributed by atoms with Crippen molar-refractivity contribution in [2.75, 3.05) is 13.6 Å². The zero-order chi connectivity index (χ0) is 27.7. The molecule has 0 unspecified atom stereocenters. The van der Waals surface area contributed by atoms with E-state index in [1.807, 2.05) is 41.5 Å². The number of hydrogen-bond donors (Lipinski definition) is 0. The lowest BCUT2D eigenvalue weighted by atomic mass is 9.85. The molecular formula is C28H43F3N2O2. The van der Waals surface area contributed by atoms with Gasteiger partial charge in [-0.05, 0) is 77.5 Å². The van der Waals surface area contributed by atoms with Gasteiger partial charge >= 0.3 is 12.3 Å². The van der Waals surface area contributed by atoms with Crippen LogP contribution < -0.4 is 0 Å². The first-order valence-corrected chi connectivity index (χ1v) is 11.8. The molecule has 1 atom stereocenters. The number of aliphatic imine (C=N–C) groups is 1. The van der Waals surface area contributed by atoms with Crippen LogP contribution in [-0.2, 0) is 4.74 Å². The standard InChI is InChI=1S/C28H43F3N2O2/c1-13-14-23(28(29,30)31)25(22(8)32-12)24(19(4)5)20(6)15-16-21(7)33(17-18(2)3)26(34)35-27(9,10)11/h13-14,18,21H,1,4,6,15-17H2,2-3,5,7-12H3/b23-14+,25-24-,32-22-/t21-/m1/s1. The lowest BCUT2D eigenvalue weighted by Gasteiger charge is -2.33. The molecule has 1 amide bonds. The highest BCUT2D eigenvalue weighted by Crippen LogP contribution is 2.38. The van der Waals surface area contributed by atoms with Crippen LogP contribution in [0.2, 0.25) is 0 Å². The Morgan fingerprint density at radius 3 is 2.00 bits per heavy atom. The van der Waals surface area contributed by atoms with Crippen LogP contribution in [0.1, 0.15) is 68.2 Å². The molecule has 0 aliphatic rings. The summed E-state index contributed by atoms with van der Waals surface area (Å²) in [5, 5.41) is 0. The van der Waals surface area contributed by atoms with Crippen molar-refractivity contribution in [3.63, 3.8) is 0 Å². The van der Waals surface area contributed by atoms with E-state index in [0.717, 1.165) is 12.2 Å². The molecule has 0 radical (unpaired) electrons. The summed E-state index contributed by atoms with van der Waals surface area (Å²) in [6.45, 7) is 26.5. The molecule has 0 aliphatic heterocycles. The number of ether oxygens (including phenoxy) is 1. The van der Waals surface area contributed by atoms with Gasteiger partial charge in [0.05, 0.1) is 5.57 Å². The Balaban J connectivity index is 6.29. The van der Waals surface area contributed by atoms with E-state index >= 15 is 0 Å². The summed E-state index contributed by atoms with van der Waals surface area (Å²) in [6.07, 6.45) is -2.13. The first-order valence-electron chi connectivity index (χ1n) is 11.8. The third-order valence-electron chi connectivity index (χ3n) is 5.17. The Kier molecular flexibility index (Phi) is 12.5. The average Bonchev–Trinajstić information content (AvgIpc) is 2.69. The fourth-order valence-electron chi connectivity index (χ4n) is 3.56. The quantitative estimate of drug-likeness (QED) is 0.213. The van der Waals surface area contributed by atoms with Crippen LogP contribution in [0.5, 0.6) is 0 Å². The fraction of sp³-hybridized carbons (Fsp3) is 0.571. The summed E-state index contributed by atoms with van der Waals surface area (Å²) in [5.74, 6) is 0.215. The first-order chi connectivity index (χ1) is 15.9. The predicted molar refractivity (Wildman–Crippen MR) is 141 cm³/mol. The molecule has 7 heteroatoms. The predicted octanol–water partition coefficient (Wildman–Crippen LogP) is 8.24. The molecule has 0 saturated carbocycles. The highest BCUT2D eigenvalue weighted by Gasteiger charge is 2.38. The number of carbonyl (C=O) groups excluding carboxylic acids is 1. The molecule has 0 saturated heterocycles. The second-order valence-corrected chi connectivity index (χ2v) is 10.2. The zero-order valence-corrected chi connectivity index (χ0v) is 22.9. The van der Waals surface area contributed by atoms with E-state index in [1.54, 1.807) is 11.8 Å². The van der Waals surface area contributed by atoms with Gasteiger partial charge < -0.3 is 9.64 Å². The van der Waals surface area contributed by atoms with Gasteiger partial charge in [0.15, 0.2) is 0 Å². The van der Waals surface area contributed by atoms with E-state index in [0.29, 0.717) is 36.1 Å². The van der Waals surface area contributed by atoms with Gasteiger partial charge in [-0.1, -0.05) is 45.2 Å². The van der Waals surface area contributed by atoms with Crippen LogP contribution in [-0.4, -0.2) is 48.1 Å². The van der Waals surface area contributed by atoms with Crippen LogP contribution in [0.25, 0.3) is 0 Å². The molecule has 0 rings (SSSR count). The Labute approximate surface area is 210 Å². The summed E-state index contributed by atoms with van der Waals surface area (Å²) in [5.41, 5.74) is -0.0604. The van der Waals surface area contributed by atoms with Crippen molar-refractivity contribution in [1.82, 2.24) is 4.90 Å². The van der Waals surface area contributed by atoms with Gasteiger partial charge in [0, 0.05) is 30.9 Å². The van der Waals surface area contributed by atoms with Gasteiger partial charge in [-0.15, -0.1) is 0 Å². The molecular weight excluding hydrogens is 453 g/mol. The third-order valence-corrected chi connectivity index (χ3v) is 5.17. The van der Waals surface area contributed by atoms with Crippen LogP contribution in [0, 0.1) is 5.92 Å². The molecule has 0 aliphatic carbocycles. The van der Waals surface area contributed by atoms with Crippen molar-refractivity contribution in [3.8, 4) is 0 Å². The maximum absolute atomic E-state index is 14.0. The van der Waals surface area contributed by atoms with Gasteiger partial charge in [0.2, 0.25) is 0 Å². The third kappa shape index (κ3) is 10.7. The SMILES string of the molecule is C=C\C=C(C(/C(C)=N\C)=C(/C(=C)C)C(=C)CC[C@@H](C)N(CC(C)C)C(=O)OC(C)(C)C)\C(F)(F)F. The molecule has 35 heavy (non-hydrogen) atoms. The molecule has 4 nitrogen and oxygen atoms in total. The molecule has 0 aromatic heterocycles. The normalized spacial score (nSPS) is 14.9. The Hall–Kier alpha value is -2.57. The smallest absolute Gasteiger partial charge is 0.417 e. The lowest BCUT2D eigenvalue weighted by molar-refractivity contribution is -0.0888. The van der Waals surface area contributed by atoms with Crippen LogP contribution in [0.3, 0.4) is 0 Å². The zero-order valence-electron chi connectivity index (χ0n) is 22.9. The molecule has 0 heterocycles. The van der Waals surface area contributed by atoms with Crippen LogP contribution in [0.4, 0.5) is 18.0 Å². The molecule has 0 fully saturated rings. The molecule has 0 N–H and O–H groups in total. The Bertz CT molecular complexity index is 885. The van der Waals surface area contributed by atoms with Gasteiger partial charge in [-0.3, -0.25) is 4.99 Å². The first kappa shape index (κ1) is 32.4. The highest BCUT2D eigenvalue weighted by molar-refractivity contribution is 6.04. The summed E-state index contributed by atoms with van der Waals surface area (Å²) in [4.78, 5) is 18.5. The molecule has 0 aromatic carbocycles. The molecule has 0 aromatic rings. The number of alkyl halides is 3. The van der Waals surface area contributed by atoms with Crippen molar-refractivity contribution in [2.45, 2.75) is 86.1 Å². The number of carbonyl (C=O) groups is 1. The summed E-state index contributed by atoms with van der Waals surface area (Å²) in [7, 11) is 1.45. The second-order valence-electron chi connectivity index (χ2n) is 10.2. The van der Waals surface area contributed by atoms with E-state index in [9.17, 15) is 18.0 Å². The summed E-state index contributed by atoms with van der Waals surface area (Å²) >= 11 is 0. The van der Waals surface area contributed by atoms with Crippen molar-refractivity contribution >= 4 is 11.8 Å². The van der Waals surface area contributed by atoms with E-state index in [4.69, 9.17) is 4.74 Å². The molecule has 0 bridgehead atoms. The van der Waals surface area contributed by atoms with Gasteiger partial charge in [0.25, 0.3) is 0 Å². The highest BCUT2D eigenvalue weighted by atomic mass is 19.4. The minimum atomic E-state index is -4.62. The Morgan fingerprint density at radius 1 is 1.09 bits per heavy atom. The number of nitrogens with zero attached hydrogens (tertiary/aromatic N) is 2. The minimum absolute atomic E-state index is 0.0590. The second kappa shape index (κ2) is 13.5. The van der Waals surface area contributed by atoms with Gasteiger partial charge in [-0.2, -0.15) is 13.2 Å². The minimum Gasteiger partial charge on any atom is -0.444 e. The lowest BCUT2D eigenvalue weighted by Crippen LogP contribution is -2.44. The van der Waals surface area contributed by atoms with Crippen LogP contribution in [0.15, 0.2) is 64.7 Å². The van der Waals surface area contributed by atoms with Crippen LogP contribution >= 0.6 is 0 Å². The monoisotopic (exact) mass is 496 g/mol. The van der Waals surface area contributed by atoms with Gasteiger partial charge in [0.1, 0.15) is 5.60 Å². The number of hydrogen-bond acceptors (Lipinski definition) is 3. The van der Waals surface area contributed by atoms with E-state index in [1.165, 1.54) is 14.0 Å². The van der Waals surface area contributed by atoms with Crippen molar-refractivity contribution < 1.29 is 22.7 Å².